The fraction of sp³-hybridized carbons (Fsp3) is 0.300. The maximum atomic E-state index is 11.7. The van der Waals surface area contributed by atoms with Crippen molar-refractivity contribution in [2.75, 3.05) is 19.8 Å². The van der Waals surface area contributed by atoms with Crippen LogP contribution in [0.25, 0.3) is 11.1 Å². The lowest BCUT2D eigenvalue weighted by Gasteiger charge is -2.10. The van der Waals surface area contributed by atoms with Gasteiger partial charge in [-0.3, -0.25) is 4.79 Å². The average Bonchev–Trinajstić information content (AvgIpc) is 2.62. The normalized spacial score (nSPS) is 10.3. The maximum absolute atomic E-state index is 11.7. The Kier molecular flexibility index (Phi) is 7.66. The molecule has 0 aliphatic carbocycles. The molecule has 26 heavy (non-hydrogen) atoms. The predicted octanol–water partition coefficient (Wildman–Crippen LogP) is 4.62. The van der Waals surface area contributed by atoms with E-state index in [1.54, 1.807) is 19.1 Å². The van der Waals surface area contributed by atoms with Gasteiger partial charge in [0, 0.05) is 13.3 Å². The Balaban J connectivity index is 1.98. The summed E-state index contributed by atoms with van der Waals surface area (Å²) in [6.45, 7) is 4.33. The van der Waals surface area contributed by atoms with Gasteiger partial charge in [-0.05, 0) is 58.2 Å². The van der Waals surface area contributed by atoms with Gasteiger partial charge in [0.15, 0.2) is 0 Å². The van der Waals surface area contributed by atoms with Crippen molar-refractivity contribution in [2.45, 2.75) is 20.3 Å². The van der Waals surface area contributed by atoms with Crippen LogP contribution >= 0.6 is 15.9 Å². The molecular formula is C20H21BrO5. The third kappa shape index (κ3) is 5.88. The monoisotopic (exact) mass is 420 g/mol. The van der Waals surface area contributed by atoms with Crippen LogP contribution in [-0.2, 0) is 14.3 Å². The standard InChI is InChI=1S/C20H21BrO5/c1-3-24-20(23)16-7-5-15(6-8-16)17-9-10-19(18(21)13-17)26-12-4-11-25-14(2)22/h5-10,13H,3-4,11-12H2,1-2H3. The van der Waals surface area contributed by atoms with Gasteiger partial charge in [-0.1, -0.05) is 18.2 Å². The van der Waals surface area contributed by atoms with Crippen molar-refractivity contribution in [1.29, 1.82) is 0 Å². The van der Waals surface area contributed by atoms with E-state index in [0.29, 0.717) is 31.8 Å². The summed E-state index contributed by atoms with van der Waals surface area (Å²) in [5.41, 5.74) is 2.52. The molecular weight excluding hydrogens is 400 g/mol. The number of carbonyl (C=O) groups is 2. The first-order chi connectivity index (χ1) is 12.5. The van der Waals surface area contributed by atoms with E-state index in [4.69, 9.17) is 14.2 Å². The molecule has 0 unspecified atom stereocenters. The lowest BCUT2D eigenvalue weighted by molar-refractivity contribution is -0.141. The lowest BCUT2D eigenvalue weighted by Crippen LogP contribution is -2.06. The average molecular weight is 421 g/mol. The Morgan fingerprint density at radius 2 is 1.65 bits per heavy atom. The van der Waals surface area contributed by atoms with Gasteiger partial charge in [0.25, 0.3) is 0 Å². The summed E-state index contributed by atoms with van der Waals surface area (Å²) < 4.78 is 16.4. The number of hydrogen-bond donors (Lipinski definition) is 0. The van der Waals surface area contributed by atoms with Crippen LogP contribution in [0.5, 0.6) is 5.75 Å². The highest BCUT2D eigenvalue weighted by Crippen LogP contribution is 2.31. The van der Waals surface area contributed by atoms with Crippen molar-refractivity contribution >= 4 is 27.9 Å². The summed E-state index contributed by atoms with van der Waals surface area (Å²) in [6.07, 6.45) is 0.628. The van der Waals surface area contributed by atoms with Crippen LogP contribution in [0, 0.1) is 0 Å². The van der Waals surface area contributed by atoms with Crippen molar-refractivity contribution in [2.24, 2.45) is 0 Å². The van der Waals surface area contributed by atoms with Crippen molar-refractivity contribution in [3.8, 4) is 16.9 Å². The minimum Gasteiger partial charge on any atom is -0.492 e. The summed E-state index contributed by atoms with van der Waals surface area (Å²) in [5.74, 6) is 0.113. The summed E-state index contributed by atoms with van der Waals surface area (Å²) in [6, 6.07) is 13.1. The Hall–Kier alpha value is -2.34. The number of ether oxygens (including phenoxy) is 3. The molecule has 0 atom stereocenters. The second kappa shape index (κ2) is 9.97. The van der Waals surface area contributed by atoms with E-state index in [1.165, 1.54) is 6.92 Å². The van der Waals surface area contributed by atoms with Crippen LogP contribution in [0.2, 0.25) is 0 Å². The van der Waals surface area contributed by atoms with Crippen molar-refractivity contribution < 1.29 is 23.8 Å². The zero-order chi connectivity index (χ0) is 18.9. The van der Waals surface area contributed by atoms with Crippen LogP contribution in [0.15, 0.2) is 46.9 Å². The minimum atomic E-state index is -0.322. The molecule has 5 nitrogen and oxygen atoms in total. The smallest absolute Gasteiger partial charge is 0.338 e. The number of esters is 2. The summed E-state index contributed by atoms with van der Waals surface area (Å²) in [4.78, 5) is 22.4. The fourth-order valence-electron chi connectivity index (χ4n) is 2.27. The molecule has 0 heterocycles. The first kappa shape index (κ1) is 20.0. The van der Waals surface area contributed by atoms with Crippen molar-refractivity contribution in [3.05, 3.63) is 52.5 Å². The van der Waals surface area contributed by atoms with Gasteiger partial charge in [0.2, 0.25) is 0 Å². The number of carbonyl (C=O) groups excluding carboxylic acids is 2. The predicted molar refractivity (Wildman–Crippen MR) is 102 cm³/mol. The third-order valence-electron chi connectivity index (χ3n) is 3.51. The number of halogens is 1. The second-order valence-electron chi connectivity index (χ2n) is 5.49. The van der Waals surface area contributed by atoms with Gasteiger partial charge in [-0.2, -0.15) is 0 Å². The zero-order valence-electron chi connectivity index (χ0n) is 14.8. The van der Waals surface area contributed by atoms with Gasteiger partial charge in [0.05, 0.1) is 29.9 Å². The highest BCUT2D eigenvalue weighted by molar-refractivity contribution is 9.10. The van der Waals surface area contributed by atoms with Crippen LogP contribution in [0.3, 0.4) is 0 Å². The van der Waals surface area contributed by atoms with Gasteiger partial charge < -0.3 is 14.2 Å². The number of rotatable bonds is 8. The van der Waals surface area contributed by atoms with E-state index in [2.05, 4.69) is 15.9 Å². The van der Waals surface area contributed by atoms with Gasteiger partial charge >= 0.3 is 11.9 Å². The SMILES string of the molecule is CCOC(=O)c1ccc(-c2ccc(OCCCOC(C)=O)c(Br)c2)cc1. The molecule has 0 saturated carbocycles. The van der Waals surface area contributed by atoms with Crippen molar-refractivity contribution in [1.82, 2.24) is 0 Å². The number of hydrogen-bond acceptors (Lipinski definition) is 5. The molecule has 0 saturated heterocycles. The summed E-state index contributed by atoms with van der Waals surface area (Å²) in [5, 5.41) is 0. The molecule has 0 fully saturated rings. The van der Waals surface area contributed by atoms with E-state index in [1.807, 2.05) is 30.3 Å². The van der Waals surface area contributed by atoms with Crippen LogP contribution in [0.1, 0.15) is 30.6 Å². The molecule has 0 amide bonds. The van der Waals surface area contributed by atoms with Crippen LogP contribution in [-0.4, -0.2) is 31.8 Å². The topological polar surface area (TPSA) is 61.8 Å². The second-order valence-corrected chi connectivity index (χ2v) is 6.34. The highest BCUT2D eigenvalue weighted by Gasteiger charge is 2.08. The van der Waals surface area contributed by atoms with E-state index < -0.39 is 0 Å². The lowest BCUT2D eigenvalue weighted by atomic mass is 10.0. The van der Waals surface area contributed by atoms with Gasteiger partial charge in [0.1, 0.15) is 5.75 Å². The largest absolute Gasteiger partial charge is 0.492 e. The Morgan fingerprint density at radius 3 is 2.27 bits per heavy atom. The molecule has 0 aliphatic rings. The van der Waals surface area contributed by atoms with Crippen LogP contribution < -0.4 is 4.74 Å². The molecule has 2 aromatic carbocycles. The quantitative estimate of drug-likeness (QED) is 0.460. The first-order valence-electron chi connectivity index (χ1n) is 8.34. The molecule has 0 aliphatic heterocycles. The highest BCUT2D eigenvalue weighted by atomic mass is 79.9. The Morgan fingerprint density at radius 1 is 0.962 bits per heavy atom. The first-order valence-corrected chi connectivity index (χ1v) is 9.14. The fourth-order valence-corrected chi connectivity index (χ4v) is 2.76. The van der Waals surface area contributed by atoms with E-state index >= 15 is 0 Å². The van der Waals surface area contributed by atoms with E-state index in [0.717, 1.165) is 21.3 Å². The Labute approximate surface area is 161 Å². The number of benzene rings is 2. The van der Waals surface area contributed by atoms with E-state index in [-0.39, 0.29) is 11.9 Å². The molecule has 2 rings (SSSR count). The Bertz CT molecular complexity index is 755. The molecule has 0 bridgehead atoms. The van der Waals surface area contributed by atoms with Gasteiger partial charge in [-0.25, -0.2) is 4.79 Å². The minimum absolute atomic E-state index is 0.287. The van der Waals surface area contributed by atoms with Gasteiger partial charge in [-0.15, -0.1) is 0 Å². The van der Waals surface area contributed by atoms with Crippen LogP contribution in [0.4, 0.5) is 0 Å². The summed E-state index contributed by atoms with van der Waals surface area (Å²) in [7, 11) is 0. The molecule has 0 spiro atoms. The maximum Gasteiger partial charge on any atom is 0.338 e. The zero-order valence-corrected chi connectivity index (χ0v) is 16.4. The summed E-state index contributed by atoms with van der Waals surface area (Å²) >= 11 is 3.51. The molecule has 2 aromatic rings. The molecule has 6 heteroatoms. The third-order valence-corrected chi connectivity index (χ3v) is 4.13. The van der Waals surface area contributed by atoms with Crippen molar-refractivity contribution in [3.63, 3.8) is 0 Å². The molecule has 0 N–H and O–H groups in total. The molecule has 0 radical (unpaired) electrons. The molecule has 138 valence electrons. The molecule has 0 aromatic heterocycles. The van der Waals surface area contributed by atoms with E-state index in [9.17, 15) is 9.59 Å².